The molecule has 0 bridgehead atoms. The van der Waals surface area contributed by atoms with Crippen molar-refractivity contribution in [3.63, 3.8) is 0 Å². The van der Waals surface area contributed by atoms with Gasteiger partial charge in [0.1, 0.15) is 73.2 Å². The number of rotatable bonds is 3. The molecule has 0 aromatic heterocycles. The van der Waals surface area contributed by atoms with Gasteiger partial charge in [-0.15, -0.1) is 0 Å². The third kappa shape index (κ3) is 13.0. The number of aliphatic hydroxyl groups excluding tert-OH is 9. The maximum atomic E-state index is 10.2. The van der Waals surface area contributed by atoms with Crippen molar-refractivity contribution in [2.24, 2.45) is 0 Å². The fourth-order valence-corrected chi connectivity index (χ4v) is 3.04. The summed E-state index contributed by atoms with van der Waals surface area (Å²) in [5, 5.41) is 111. The number of aliphatic hydroxyl groups is 9. The molecule has 3 heterocycles. The number of aliphatic carboxylic acids is 3. The Hall–Kier alpha value is 0.930. The molecule has 3 fully saturated rings. The van der Waals surface area contributed by atoms with Crippen molar-refractivity contribution in [2.75, 3.05) is 19.8 Å². The Morgan fingerprint density at radius 1 is 0.436 bits per heavy atom. The van der Waals surface area contributed by atoms with E-state index < -0.39 is 91.2 Å². The summed E-state index contributed by atoms with van der Waals surface area (Å²) >= 11 is 0. The van der Waals surface area contributed by atoms with E-state index in [0.29, 0.717) is 0 Å². The van der Waals surface area contributed by atoms with Gasteiger partial charge in [-0.05, 0) is 0 Å². The van der Waals surface area contributed by atoms with Crippen molar-refractivity contribution in [1.29, 1.82) is 0 Å². The zero-order valence-electron chi connectivity index (χ0n) is 21.2. The number of carboxylic acids is 3. The smallest absolute Gasteiger partial charge is 0.547 e. The van der Waals surface area contributed by atoms with Gasteiger partial charge in [0, 0.05) is 0 Å². The summed E-state index contributed by atoms with van der Waals surface area (Å²) < 4.78 is 13.5. The Bertz CT molecular complexity index is 653. The van der Waals surface area contributed by atoms with E-state index >= 15 is 0 Å². The van der Waals surface area contributed by atoms with Crippen LogP contribution in [0, 0.1) is 0 Å². The van der Waals surface area contributed by atoms with E-state index in [-0.39, 0.29) is 108 Å². The van der Waals surface area contributed by atoms with Gasteiger partial charge in [0.05, 0.1) is 37.7 Å². The molecule has 12 atom stereocenters. The summed E-state index contributed by atoms with van der Waals surface area (Å²) in [6.45, 7) is -0.968. The minimum absolute atomic E-state index is 0. The Kier molecular flexibility index (Phi) is 23.6. The molecule has 210 valence electrons. The molecule has 0 saturated carbocycles. The molecule has 0 aromatic rings. The average molecular weight is 600 g/mol. The summed E-state index contributed by atoms with van der Waals surface area (Å²) in [6, 6.07) is 0. The molecule has 0 amide bonds. The minimum Gasteiger partial charge on any atom is -0.547 e. The van der Waals surface area contributed by atoms with Crippen LogP contribution in [-0.4, -0.2) is 157 Å². The number of carbonyl (C=O) groups excluding carboxylic acids is 3. The monoisotopic (exact) mass is 600 g/mol. The normalized spacial score (nSPS) is 39.3. The van der Waals surface area contributed by atoms with Crippen LogP contribution < -0.4 is 104 Å². The molecule has 0 aliphatic carbocycles. The van der Waals surface area contributed by atoms with Gasteiger partial charge in [-0.3, -0.25) is 0 Å². The Morgan fingerprint density at radius 3 is 0.769 bits per heavy atom. The van der Waals surface area contributed by atoms with Gasteiger partial charge >= 0.3 is 88.7 Å². The fourth-order valence-electron chi connectivity index (χ4n) is 3.04. The summed E-state index contributed by atoms with van der Waals surface area (Å²) in [5.74, 6) is -4.81. The van der Waals surface area contributed by atoms with Gasteiger partial charge in [-0.2, -0.15) is 0 Å². The summed E-state index contributed by atoms with van der Waals surface area (Å²) in [4.78, 5) is 30.7. The molecule has 3 saturated heterocycles. The SMILES string of the molecule is O=C([O-])C1OCC(O)C(O)C1O.O=C([O-])C1OCC(O)C(O)C1O.O=C([O-])C1OCC(O)C(O)C1O.[Na+].[Na+].[Na+]. The van der Waals surface area contributed by atoms with Gasteiger partial charge in [-0.25, -0.2) is 0 Å². The largest absolute Gasteiger partial charge is 1.00 e. The molecule has 3 aliphatic rings. The number of hydrogen-bond donors (Lipinski definition) is 9. The zero-order valence-corrected chi connectivity index (χ0v) is 27.2. The van der Waals surface area contributed by atoms with E-state index in [9.17, 15) is 29.7 Å². The van der Waals surface area contributed by atoms with Crippen LogP contribution in [0.4, 0.5) is 0 Å². The van der Waals surface area contributed by atoms with Gasteiger partial charge in [-0.1, -0.05) is 0 Å². The fraction of sp³-hybridized carbons (Fsp3) is 0.833. The van der Waals surface area contributed by atoms with Crippen molar-refractivity contribution in [2.45, 2.75) is 73.2 Å². The van der Waals surface area contributed by atoms with Gasteiger partial charge in [0.25, 0.3) is 0 Å². The number of hydrogen-bond acceptors (Lipinski definition) is 18. The van der Waals surface area contributed by atoms with Crippen LogP contribution in [0.5, 0.6) is 0 Å². The Morgan fingerprint density at radius 2 is 0.615 bits per heavy atom. The van der Waals surface area contributed by atoms with Gasteiger partial charge in [0.15, 0.2) is 0 Å². The first kappa shape index (κ1) is 44.4. The molecular formula is C18H27Na3O18. The summed E-state index contributed by atoms with van der Waals surface area (Å²) in [6.07, 6.45) is -17.9. The molecular weight excluding hydrogens is 573 g/mol. The van der Waals surface area contributed by atoms with Crippen LogP contribution in [-0.2, 0) is 28.6 Å². The Balaban J connectivity index is -0.000000480. The van der Waals surface area contributed by atoms with Crippen LogP contribution in [0.25, 0.3) is 0 Å². The van der Waals surface area contributed by atoms with Crippen LogP contribution in [0.15, 0.2) is 0 Å². The third-order valence-electron chi connectivity index (χ3n) is 5.20. The second kappa shape index (κ2) is 20.8. The zero-order chi connectivity index (χ0) is 27.9. The maximum absolute atomic E-state index is 10.2. The predicted molar refractivity (Wildman–Crippen MR) is 98.3 cm³/mol. The second-order valence-electron chi connectivity index (χ2n) is 7.86. The van der Waals surface area contributed by atoms with Crippen LogP contribution in [0.1, 0.15) is 0 Å². The molecule has 3 rings (SSSR count). The molecule has 3 aliphatic heterocycles. The number of carbonyl (C=O) groups is 3. The first-order chi connectivity index (χ1) is 16.6. The predicted octanol–water partition coefficient (Wildman–Crippen LogP) is -20.3. The van der Waals surface area contributed by atoms with Crippen molar-refractivity contribution in [3.8, 4) is 0 Å². The molecule has 21 heteroatoms. The van der Waals surface area contributed by atoms with E-state index in [1.165, 1.54) is 0 Å². The molecule has 0 radical (unpaired) electrons. The first-order valence-corrected chi connectivity index (χ1v) is 10.2. The number of ether oxygens (including phenoxy) is 3. The van der Waals surface area contributed by atoms with E-state index in [2.05, 4.69) is 14.2 Å². The molecule has 39 heavy (non-hydrogen) atoms. The van der Waals surface area contributed by atoms with E-state index in [1.807, 2.05) is 0 Å². The van der Waals surface area contributed by atoms with E-state index in [4.69, 9.17) is 46.0 Å². The molecule has 9 N–H and O–H groups in total. The first-order valence-electron chi connectivity index (χ1n) is 10.2. The van der Waals surface area contributed by atoms with Crippen molar-refractivity contribution in [1.82, 2.24) is 0 Å². The van der Waals surface area contributed by atoms with Crippen molar-refractivity contribution < 1.29 is 179 Å². The number of carboxylic acid groups (broad SMARTS) is 3. The molecule has 12 unspecified atom stereocenters. The van der Waals surface area contributed by atoms with Crippen LogP contribution >= 0.6 is 0 Å². The van der Waals surface area contributed by atoms with Gasteiger partial charge < -0.3 is 89.9 Å². The van der Waals surface area contributed by atoms with Crippen molar-refractivity contribution >= 4 is 17.9 Å². The summed E-state index contributed by atoms with van der Waals surface area (Å²) in [5.41, 5.74) is 0. The summed E-state index contributed by atoms with van der Waals surface area (Å²) in [7, 11) is 0. The maximum Gasteiger partial charge on any atom is 1.00 e. The van der Waals surface area contributed by atoms with Crippen molar-refractivity contribution in [3.05, 3.63) is 0 Å². The molecule has 18 nitrogen and oxygen atoms in total. The third-order valence-corrected chi connectivity index (χ3v) is 5.20. The van der Waals surface area contributed by atoms with Crippen LogP contribution in [0.3, 0.4) is 0 Å². The standard InChI is InChI=1S/3C6H10O6.3Na/c3*7-2-1-12-5(6(10)11)4(9)3(2)8;;;/h3*2-5,7-9H,1H2,(H,10,11);;;/q;;;3*+1/p-3. The average Bonchev–Trinajstić information content (AvgIpc) is 2.79. The molecule has 0 spiro atoms. The van der Waals surface area contributed by atoms with Gasteiger partial charge in [0.2, 0.25) is 0 Å². The second-order valence-corrected chi connectivity index (χ2v) is 7.86. The van der Waals surface area contributed by atoms with E-state index in [0.717, 1.165) is 0 Å². The minimum atomic E-state index is -1.64. The molecule has 0 aromatic carbocycles. The quantitative estimate of drug-likeness (QED) is 0.136. The Labute approximate surface area is 287 Å². The van der Waals surface area contributed by atoms with E-state index in [1.54, 1.807) is 0 Å². The topological polar surface area (TPSA) is 330 Å². The van der Waals surface area contributed by atoms with Crippen LogP contribution in [0.2, 0.25) is 0 Å².